The largest absolute Gasteiger partial charge is 0.296 e. The maximum absolute atomic E-state index is 13.3. The zero-order valence-corrected chi connectivity index (χ0v) is 10.3. The van der Waals surface area contributed by atoms with Crippen LogP contribution in [0.1, 0.15) is 16.1 Å². The second-order valence-corrected chi connectivity index (χ2v) is 4.41. The highest BCUT2D eigenvalue weighted by atomic mass is 19.1. The van der Waals surface area contributed by atoms with Crippen LogP contribution in [0, 0.1) is 12.7 Å². The highest BCUT2D eigenvalue weighted by Gasteiger charge is 2.13. The van der Waals surface area contributed by atoms with Crippen molar-refractivity contribution in [3.63, 3.8) is 0 Å². The second-order valence-electron chi connectivity index (χ2n) is 4.41. The van der Waals surface area contributed by atoms with Gasteiger partial charge in [0.2, 0.25) is 0 Å². The van der Waals surface area contributed by atoms with Crippen LogP contribution >= 0.6 is 0 Å². The number of halogens is 1. The number of aldehydes is 1. The van der Waals surface area contributed by atoms with Crippen molar-refractivity contribution in [3.8, 4) is 11.3 Å². The molecule has 0 amide bonds. The number of nitrogens with zero attached hydrogens (tertiary/aromatic N) is 2. The smallest absolute Gasteiger partial charge is 0.169 e. The lowest BCUT2D eigenvalue weighted by Crippen LogP contribution is -1.93. The van der Waals surface area contributed by atoms with Gasteiger partial charge in [-0.1, -0.05) is 18.2 Å². The van der Waals surface area contributed by atoms with Crippen molar-refractivity contribution >= 4 is 11.9 Å². The zero-order valence-electron chi connectivity index (χ0n) is 10.3. The maximum atomic E-state index is 13.3. The molecule has 4 heteroatoms. The Bertz CT molecular complexity index is 777. The molecule has 0 saturated carbocycles. The number of hydrogen-bond donors (Lipinski definition) is 0. The zero-order chi connectivity index (χ0) is 13.4. The molecule has 1 aromatic carbocycles. The van der Waals surface area contributed by atoms with Crippen molar-refractivity contribution in [2.24, 2.45) is 0 Å². The van der Waals surface area contributed by atoms with Gasteiger partial charge in [-0.25, -0.2) is 9.37 Å². The molecule has 19 heavy (non-hydrogen) atoms. The quantitative estimate of drug-likeness (QED) is 0.658. The van der Waals surface area contributed by atoms with Gasteiger partial charge in [-0.15, -0.1) is 0 Å². The standard InChI is InChI=1S/C15H11FN2O/c1-10-5-6-14-17-15(13(9-19)18(14)8-10)11-3-2-4-12(16)7-11/h2-9H,1H3. The number of pyridine rings is 1. The predicted octanol–water partition coefficient (Wildman–Crippen LogP) is 3.26. The normalized spacial score (nSPS) is 10.8. The van der Waals surface area contributed by atoms with Crippen LogP contribution in [0.15, 0.2) is 42.6 Å². The van der Waals surface area contributed by atoms with Crippen molar-refractivity contribution in [3.05, 3.63) is 59.7 Å². The van der Waals surface area contributed by atoms with E-state index in [1.165, 1.54) is 12.1 Å². The van der Waals surface area contributed by atoms with Gasteiger partial charge in [0.15, 0.2) is 6.29 Å². The van der Waals surface area contributed by atoms with Crippen molar-refractivity contribution < 1.29 is 9.18 Å². The lowest BCUT2D eigenvalue weighted by Gasteiger charge is -1.99. The molecule has 3 aromatic rings. The van der Waals surface area contributed by atoms with Gasteiger partial charge in [0.1, 0.15) is 22.9 Å². The van der Waals surface area contributed by atoms with E-state index in [9.17, 15) is 9.18 Å². The van der Waals surface area contributed by atoms with E-state index < -0.39 is 0 Å². The Hall–Kier alpha value is -2.49. The summed E-state index contributed by atoms with van der Waals surface area (Å²) < 4.78 is 15.0. The average molecular weight is 254 g/mol. The van der Waals surface area contributed by atoms with Crippen LogP contribution in [0.4, 0.5) is 4.39 Å². The molecule has 3 nitrogen and oxygen atoms in total. The van der Waals surface area contributed by atoms with Gasteiger partial charge >= 0.3 is 0 Å². The molecule has 94 valence electrons. The molecule has 0 aliphatic rings. The van der Waals surface area contributed by atoms with E-state index in [2.05, 4.69) is 4.98 Å². The third kappa shape index (κ3) is 1.91. The molecule has 3 rings (SSSR count). The summed E-state index contributed by atoms with van der Waals surface area (Å²) in [4.78, 5) is 15.7. The van der Waals surface area contributed by atoms with Gasteiger partial charge in [0, 0.05) is 11.8 Å². The Labute approximate surface area is 109 Å². The molecule has 0 saturated heterocycles. The minimum Gasteiger partial charge on any atom is -0.296 e. The Balaban J connectivity index is 2.32. The number of aromatic nitrogens is 2. The first kappa shape index (κ1) is 11.6. The summed E-state index contributed by atoms with van der Waals surface area (Å²) >= 11 is 0. The maximum Gasteiger partial charge on any atom is 0.169 e. The first-order chi connectivity index (χ1) is 9.19. The average Bonchev–Trinajstić information content (AvgIpc) is 2.76. The fraction of sp³-hybridized carbons (Fsp3) is 0.0667. The molecule has 0 bridgehead atoms. The van der Waals surface area contributed by atoms with Crippen LogP contribution in [0.2, 0.25) is 0 Å². The molecule has 0 atom stereocenters. The number of benzene rings is 1. The number of fused-ring (bicyclic) bond motifs is 1. The minimum absolute atomic E-state index is 0.345. The van der Waals surface area contributed by atoms with E-state index in [1.807, 2.05) is 25.3 Å². The molecule has 0 N–H and O–H groups in total. The summed E-state index contributed by atoms with van der Waals surface area (Å²) in [5.41, 5.74) is 3.23. The Morgan fingerprint density at radius 1 is 1.26 bits per heavy atom. The third-order valence-electron chi connectivity index (χ3n) is 3.01. The molecule has 0 fully saturated rings. The Morgan fingerprint density at radius 2 is 2.11 bits per heavy atom. The fourth-order valence-corrected chi connectivity index (χ4v) is 2.13. The SMILES string of the molecule is Cc1ccc2nc(-c3cccc(F)c3)c(C=O)n2c1. The number of carbonyl (C=O) groups is 1. The highest BCUT2D eigenvalue weighted by Crippen LogP contribution is 2.24. The molecule has 0 aliphatic carbocycles. The van der Waals surface area contributed by atoms with Gasteiger partial charge in [-0.3, -0.25) is 9.20 Å². The summed E-state index contributed by atoms with van der Waals surface area (Å²) in [6.07, 6.45) is 2.59. The van der Waals surface area contributed by atoms with Crippen LogP contribution in [0.25, 0.3) is 16.9 Å². The van der Waals surface area contributed by atoms with Gasteiger partial charge in [0.05, 0.1) is 0 Å². The summed E-state index contributed by atoms with van der Waals surface area (Å²) in [6.45, 7) is 1.94. The number of aryl methyl sites for hydroxylation is 1. The van der Waals surface area contributed by atoms with Crippen LogP contribution in [0.5, 0.6) is 0 Å². The predicted molar refractivity (Wildman–Crippen MR) is 70.7 cm³/mol. The van der Waals surface area contributed by atoms with Crippen LogP contribution < -0.4 is 0 Å². The van der Waals surface area contributed by atoms with E-state index in [0.29, 0.717) is 22.6 Å². The molecular weight excluding hydrogens is 243 g/mol. The monoisotopic (exact) mass is 254 g/mol. The third-order valence-corrected chi connectivity index (χ3v) is 3.01. The van der Waals surface area contributed by atoms with Crippen LogP contribution in [-0.4, -0.2) is 15.7 Å². The second kappa shape index (κ2) is 4.31. The molecule has 0 spiro atoms. The summed E-state index contributed by atoms with van der Waals surface area (Å²) in [6, 6.07) is 9.85. The number of hydrogen-bond acceptors (Lipinski definition) is 2. The van der Waals surface area contributed by atoms with Gasteiger partial charge in [0.25, 0.3) is 0 Å². The minimum atomic E-state index is -0.345. The number of rotatable bonds is 2. The molecule has 0 radical (unpaired) electrons. The van der Waals surface area contributed by atoms with Gasteiger partial charge in [-0.2, -0.15) is 0 Å². The molecule has 2 heterocycles. The highest BCUT2D eigenvalue weighted by molar-refractivity contribution is 5.86. The Kier molecular flexibility index (Phi) is 2.63. The molecule has 0 aliphatic heterocycles. The number of carbonyl (C=O) groups excluding carboxylic acids is 1. The van der Waals surface area contributed by atoms with E-state index in [0.717, 1.165) is 11.8 Å². The summed E-state index contributed by atoms with van der Waals surface area (Å²) in [5.74, 6) is -0.345. The van der Waals surface area contributed by atoms with Crippen molar-refractivity contribution in [2.45, 2.75) is 6.92 Å². The Morgan fingerprint density at radius 3 is 2.84 bits per heavy atom. The van der Waals surface area contributed by atoms with Crippen molar-refractivity contribution in [2.75, 3.05) is 0 Å². The van der Waals surface area contributed by atoms with E-state index in [1.54, 1.807) is 16.5 Å². The molecule has 0 unspecified atom stereocenters. The van der Waals surface area contributed by atoms with Crippen LogP contribution in [0.3, 0.4) is 0 Å². The first-order valence-corrected chi connectivity index (χ1v) is 5.89. The van der Waals surface area contributed by atoms with E-state index in [4.69, 9.17) is 0 Å². The lowest BCUT2D eigenvalue weighted by atomic mass is 10.1. The first-order valence-electron chi connectivity index (χ1n) is 5.89. The topological polar surface area (TPSA) is 34.4 Å². The summed E-state index contributed by atoms with van der Waals surface area (Å²) in [5, 5.41) is 0. The lowest BCUT2D eigenvalue weighted by molar-refractivity contribution is 0.111. The van der Waals surface area contributed by atoms with Crippen molar-refractivity contribution in [1.29, 1.82) is 0 Å². The van der Waals surface area contributed by atoms with Gasteiger partial charge in [-0.05, 0) is 30.7 Å². The van der Waals surface area contributed by atoms with Crippen molar-refractivity contribution in [1.82, 2.24) is 9.38 Å². The molecular formula is C15H11FN2O. The van der Waals surface area contributed by atoms with E-state index in [-0.39, 0.29) is 5.82 Å². The number of imidazole rings is 1. The van der Waals surface area contributed by atoms with E-state index >= 15 is 0 Å². The van der Waals surface area contributed by atoms with Crippen LogP contribution in [-0.2, 0) is 0 Å². The fourth-order valence-electron chi connectivity index (χ4n) is 2.13. The molecule has 2 aromatic heterocycles. The van der Waals surface area contributed by atoms with Gasteiger partial charge < -0.3 is 0 Å². The summed E-state index contributed by atoms with van der Waals surface area (Å²) in [7, 11) is 0.